The van der Waals surface area contributed by atoms with Gasteiger partial charge in [-0.3, -0.25) is 9.59 Å². The minimum Gasteiger partial charge on any atom is -0.466 e. The van der Waals surface area contributed by atoms with Crippen LogP contribution in [0.4, 0.5) is 0 Å². The molecule has 8 nitrogen and oxygen atoms in total. The van der Waals surface area contributed by atoms with Gasteiger partial charge >= 0.3 is 5.97 Å². The first-order chi connectivity index (χ1) is 14.5. The Balaban J connectivity index is 1.72. The van der Waals surface area contributed by atoms with Crippen LogP contribution < -0.4 is 5.32 Å². The van der Waals surface area contributed by atoms with Gasteiger partial charge in [0.05, 0.1) is 19.1 Å². The molecule has 0 saturated heterocycles. The standard InChI is InChI=1S/C21H22ClN5O3/c1-3-30-20(29)12-18(16-10-6-7-11-17(16)22)23-19(28)13-27-25-21(24-26-27)15-9-5-4-8-14(15)2/h4-11,18H,3,12-13H2,1-2H3,(H,23,28)/t18-/m1/s1. The number of aromatic nitrogens is 4. The van der Waals surface area contributed by atoms with Crippen LogP contribution in [0.25, 0.3) is 11.4 Å². The van der Waals surface area contributed by atoms with Crippen molar-refractivity contribution in [3.63, 3.8) is 0 Å². The highest BCUT2D eigenvalue weighted by atomic mass is 35.5. The third-order valence-corrected chi connectivity index (χ3v) is 4.76. The predicted molar refractivity (Wildman–Crippen MR) is 112 cm³/mol. The predicted octanol–water partition coefficient (Wildman–Crippen LogP) is 3.11. The van der Waals surface area contributed by atoms with Crippen LogP contribution in [0.5, 0.6) is 0 Å². The lowest BCUT2D eigenvalue weighted by atomic mass is 10.0. The van der Waals surface area contributed by atoms with Gasteiger partial charge in [0.25, 0.3) is 0 Å². The number of benzene rings is 2. The van der Waals surface area contributed by atoms with Gasteiger partial charge in [0.1, 0.15) is 6.54 Å². The number of carbonyl (C=O) groups excluding carboxylic acids is 2. The summed E-state index contributed by atoms with van der Waals surface area (Å²) in [5.41, 5.74) is 2.49. The molecule has 0 aliphatic rings. The lowest BCUT2D eigenvalue weighted by Gasteiger charge is -2.19. The fourth-order valence-corrected chi connectivity index (χ4v) is 3.26. The SMILES string of the molecule is CCOC(=O)C[C@@H](NC(=O)Cn1nnc(-c2ccccc2C)n1)c1ccccc1Cl. The van der Waals surface area contributed by atoms with Crippen molar-refractivity contribution in [1.82, 2.24) is 25.5 Å². The average Bonchev–Trinajstić information content (AvgIpc) is 3.16. The molecule has 0 fully saturated rings. The van der Waals surface area contributed by atoms with E-state index in [-0.39, 0.29) is 25.5 Å². The number of tetrazole rings is 1. The molecule has 1 N–H and O–H groups in total. The van der Waals surface area contributed by atoms with Crippen LogP contribution in [0.2, 0.25) is 5.02 Å². The Morgan fingerprint density at radius 3 is 2.63 bits per heavy atom. The number of nitrogens with zero attached hydrogens (tertiary/aromatic N) is 4. The zero-order chi connectivity index (χ0) is 21.5. The number of hydrogen-bond acceptors (Lipinski definition) is 6. The molecule has 0 unspecified atom stereocenters. The van der Waals surface area contributed by atoms with E-state index in [1.165, 1.54) is 4.80 Å². The number of amides is 1. The Kier molecular flexibility index (Phi) is 7.13. The van der Waals surface area contributed by atoms with Gasteiger partial charge in [-0.25, -0.2) is 0 Å². The van der Waals surface area contributed by atoms with E-state index in [0.29, 0.717) is 16.4 Å². The second kappa shape index (κ2) is 9.98. The number of rotatable bonds is 8. The summed E-state index contributed by atoms with van der Waals surface area (Å²) in [6.07, 6.45) is -0.0391. The summed E-state index contributed by atoms with van der Waals surface area (Å²) in [6, 6.07) is 14.1. The molecule has 0 aliphatic heterocycles. The third kappa shape index (κ3) is 5.42. The summed E-state index contributed by atoms with van der Waals surface area (Å²) < 4.78 is 5.02. The Morgan fingerprint density at radius 1 is 1.17 bits per heavy atom. The molecule has 9 heteroatoms. The maximum Gasteiger partial charge on any atom is 0.308 e. The maximum absolute atomic E-state index is 12.6. The van der Waals surface area contributed by atoms with Gasteiger partial charge in [0.2, 0.25) is 11.7 Å². The number of halogens is 1. The van der Waals surface area contributed by atoms with Crippen molar-refractivity contribution in [2.24, 2.45) is 0 Å². The van der Waals surface area contributed by atoms with Gasteiger partial charge in [0.15, 0.2) is 0 Å². The van der Waals surface area contributed by atoms with E-state index in [4.69, 9.17) is 16.3 Å². The van der Waals surface area contributed by atoms with Crippen molar-refractivity contribution >= 4 is 23.5 Å². The molecular formula is C21H22ClN5O3. The van der Waals surface area contributed by atoms with E-state index in [1.54, 1.807) is 31.2 Å². The van der Waals surface area contributed by atoms with Gasteiger partial charge in [-0.05, 0) is 36.3 Å². The van der Waals surface area contributed by atoms with E-state index in [0.717, 1.165) is 11.1 Å². The molecule has 3 rings (SSSR count). The van der Waals surface area contributed by atoms with E-state index >= 15 is 0 Å². The lowest BCUT2D eigenvalue weighted by molar-refractivity contribution is -0.143. The summed E-state index contributed by atoms with van der Waals surface area (Å²) in [5, 5.41) is 15.5. The molecule has 1 atom stereocenters. The molecule has 30 heavy (non-hydrogen) atoms. The first-order valence-electron chi connectivity index (χ1n) is 9.51. The van der Waals surface area contributed by atoms with Crippen LogP contribution >= 0.6 is 11.6 Å². The second-order valence-electron chi connectivity index (χ2n) is 6.61. The molecule has 0 bridgehead atoms. The fraction of sp³-hybridized carbons (Fsp3) is 0.286. The summed E-state index contributed by atoms with van der Waals surface area (Å²) in [5.74, 6) is -0.364. The van der Waals surface area contributed by atoms with Gasteiger partial charge in [-0.2, -0.15) is 4.80 Å². The molecule has 0 aliphatic carbocycles. The highest BCUT2D eigenvalue weighted by molar-refractivity contribution is 6.31. The normalized spacial score (nSPS) is 11.7. The Bertz CT molecular complexity index is 1040. The number of esters is 1. The Hall–Kier alpha value is -3.26. The van der Waals surface area contributed by atoms with Crippen molar-refractivity contribution in [2.75, 3.05) is 6.61 Å². The van der Waals surface area contributed by atoms with Crippen molar-refractivity contribution in [1.29, 1.82) is 0 Å². The highest BCUT2D eigenvalue weighted by Gasteiger charge is 2.22. The van der Waals surface area contributed by atoms with Gasteiger partial charge in [-0.15, -0.1) is 10.2 Å². The summed E-state index contributed by atoms with van der Waals surface area (Å²) in [4.78, 5) is 25.9. The molecule has 156 valence electrons. The van der Waals surface area contributed by atoms with E-state index in [9.17, 15) is 9.59 Å². The van der Waals surface area contributed by atoms with Gasteiger partial charge < -0.3 is 10.1 Å². The molecule has 2 aromatic carbocycles. The van der Waals surface area contributed by atoms with Crippen LogP contribution in [0, 0.1) is 6.92 Å². The largest absolute Gasteiger partial charge is 0.466 e. The van der Waals surface area contributed by atoms with Crippen LogP contribution in [0.1, 0.15) is 30.5 Å². The van der Waals surface area contributed by atoms with E-state index in [2.05, 4.69) is 20.7 Å². The summed E-state index contributed by atoms with van der Waals surface area (Å²) in [6.45, 7) is 3.78. The first kappa shape index (κ1) is 21.4. The quantitative estimate of drug-likeness (QED) is 0.554. The first-order valence-corrected chi connectivity index (χ1v) is 9.89. The molecule has 0 radical (unpaired) electrons. The van der Waals surface area contributed by atoms with Crippen molar-refractivity contribution in [2.45, 2.75) is 32.9 Å². The number of hydrogen-bond donors (Lipinski definition) is 1. The number of nitrogens with one attached hydrogen (secondary N) is 1. The van der Waals surface area contributed by atoms with Crippen molar-refractivity contribution in [3.05, 3.63) is 64.7 Å². The van der Waals surface area contributed by atoms with Gasteiger partial charge in [-0.1, -0.05) is 54.1 Å². The monoisotopic (exact) mass is 427 g/mol. The Morgan fingerprint density at radius 2 is 1.90 bits per heavy atom. The number of ether oxygens (including phenoxy) is 1. The minimum absolute atomic E-state index is 0.0391. The van der Waals surface area contributed by atoms with Crippen molar-refractivity contribution in [3.8, 4) is 11.4 Å². The van der Waals surface area contributed by atoms with Crippen LogP contribution in [-0.2, 0) is 20.9 Å². The van der Waals surface area contributed by atoms with Crippen molar-refractivity contribution < 1.29 is 14.3 Å². The zero-order valence-electron chi connectivity index (χ0n) is 16.7. The van der Waals surface area contributed by atoms with E-state index < -0.39 is 12.0 Å². The lowest BCUT2D eigenvalue weighted by Crippen LogP contribution is -2.34. The van der Waals surface area contributed by atoms with Crippen LogP contribution in [0.15, 0.2) is 48.5 Å². The number of aryl methyl sites for hydroxylation is 1. The van der Waals surface area contributed by atoms with Crippen LogP contribution in [-0.4, -0.2) is 38.7 Å². The van der Waals surface area contributed by atoms with Gasteiger partial charge in [0, 0.05) is 10.6 Å². The molecule has 3 aromatic rings. The molecule has 0 saturated carbocycles. The zero-order valence-corrected chi connectivity index (χ0v) is 17.5. The molecule has 1 amide bonds. The Labute approximate surface area is 179 Å². The smallest absolute Gasteiger partial charge is 0.308 e. The minimum atomic E-state index is -0.635. The highest BCUT2D eigenvalue weighted by Crippen LogP contribution is 2.25. The molecule has 1 aromatic heterocycles. The fourth-order valence-electron chi connectivity index (χ4n) is 2.99. The number of carbonyl (C=O) groups is 2. The van der Waals surface area contributed by atoms with E-state index in [1.807, 2.05) is 31.2 Å². The average molecular weight is 428 g/mol. The summed E-state index contributed by atoms with van der Waals surface area (Å²) >= 11 is 6.27. The molecular weight excluding hydrogens is 406 g/mol. The molecule has 1 heterocycles. The third-order valence-electron chi connectivity index (χ3n) is 4.42. The van der Waals surface area contributed by atoms with Crippen LogP contribution in [0.3, 0.4) is 0 Å². The topological polar surface area (TPSA) is 99.0 Å². The summed E-state index contributed by atoms with van der Waals surface area (Å²) in [7, 11) is 0. The second-order valence-corrected chi connectivity index (χ2v) is 7.02. The molecule has 0 spiro atoms. The maximum atomic E-state index is 12.6.